The summed E-state index contributed by atoms with van der Waals surface area (Å²) in [6.45, 7) is 0. The lowest BCUT2D eigenvalue weighted by atomic mass is 10.0. The standard InChI is InChI=1S/C25H14Cl3F7N2O2/c26-18-6-5-16(10-17(18)21(38)36-15-3-1-14(29)2-4-15)37-22(39)20-19(23(20,27)28)11-7-12(24(30,31)32)9-13(8-11)25(33,34)35/h1-10,19-20H,(H,36,38)(H,37,39)/t19-,20+/m0/s1. The molecule has 0 spiro atoms. The lowest BCUT2D eigenvalue weighted by molar-refractivity contribution is -0.143. The van der Waals surface area contributed by atoms with E-state index in [2.05, 4.69) is 10.6 Å². The van der Waals surface area contributed by atoms with Gasteiger partial charge in [0.25, 0.3) is 5.91 Å². The smallest absolute Gasteiger partial charge is 0.326 e. The first-order chi connectivity index (χ1) is 18.0. The van der Waals surface area contributed by atoms with E-state index in [1.165, 1.54) is 30.3 Å². The first-order valence-electron chi connectivity index (χ1n) is 10.8. The fourth-order valence-corrected chi connectivity index (χ4v) is 4.99. The second-order valence-corrected chi connectivity index (χ2v) is 10.5. The number of hydrogen-bond donors (Lipinski definition) is 2. The summed E-state index contributed by atoms with van der Waals surface area (Å²) in [5.41, 5.74) is -3.49. The molecular formula is C25H14Cl3F7N2O2. The number of benzene rings is 3. The topological polar surface area (TPSA) is 58.2 Å². The van der Waals surface area contributed by atoms with Crippen molar-refractivity contribution in [3.05, 3.63) is 93.8 Å². The molecule has 0 heterocycles. The summed E-state index contributed by atoms with van der Waals surface area (Å²) in [5.74, 6) is -4.96. The molecule has 0 radical (unpaired) electrons. The van der Waals surface area contributed by atoms with E-state index in [1.54, 1.807) is 0 Å². The van der Waals surface area contributed by atoms with Crippen LogP contribution in [-0.2, 0) is 17.1 Å². The molecule has 4 rings (SSSR count). The van der Waals surface area contributed by atoms with Crippen LogP contribution in [0.4, 0.5) is 42.1 Å². The Kier molecular flexibility index (Phi) is 7.57. The number of nitrogens with one attached hydrogen (secondary N) is 2. The molecule has 2 amide bonds. The number of amides is 2. The quantitative estimate of drug-likeness (QED) is 0.225. The fourth-order valence-electron chi connectivity index (χ4n) is 3.95. The Bertz CT molecular complexity index is 1410. The maximum atomic E-state index is 13.3. The third-order valence-corrected chi connectivity index (χ3v) is 7.16. The number of hydrogen-bond acceptors (Lipinski definition) is 2. The van der Waals surface area contributed by atoms with Crippen LogP contribution in [0, 0.1) is 11.7 Å². The minimum absolute atomic E-state index is 0.00964. The van der Waals surface area contributed by atoms with Crippen molar-refractivity contribution < 1.29 is 40.3 Å². The van der Waals surface area contributed by atoms with Gasteiger partial charge in [-0.15, -0.1) is 23.2 Å². The van der Waals surface area contributed by atoms with Crippen molar-refractivity contribution in [1.82, 2.24) is 0 Å². The van der Waals surface area contributed by atoms with Gasteiger partial charge >= 0.3 is 12.4 Å². The van der Waals surface area contributed by atoms with Crippen LogP contribution in [0.25, 0.3) is 0 Å². The summed E-state index contributed by atoms with van der Waals surface area (Å²) < 4.78 is 90.7. The summed E-state index contributed by atoms with van der Waals surface area (Å²) in [5, 5.41) is 4.88. The van der Waals surface area contributed by atoms with Gasteiger partial charge in [0, 0.05) is 17.3 Å². The van der Waals surface area contributed by atoms with Crippen LogP contribution >= 0.6 is 34.8 Å². The predicted octanol–water partition coefficient (Wildman–Crippen LogP) is 8.29. The molecule has 0 unspecified atom stereocenters. The molecule has 14 heteroatoms. The molecule has 0 aromatic heterocycles. The van der Waals surface area contributed by atoms with Crippen LogP contribution in [0.3, 0.4) is 0 Å². The lowest BCUT2D eigenvalue weighted by Crippen LogP contribution is -2.18. The average molecular weight is 614 g/mol. The maximum absolute atomic E-state index is 13.3. The van der Waals surface area contributed by atoms with Crippen LogP contribution in [0.2, 0.25) is 5.02 Å². The van der Waals surface area contributed by atoms with Gasteiger partial charge in [-0.1, -0.05) is 11.6 Å². The second-order valence-electron chi connectivity index (χ2n) is 8.61. The molecule has 1 aliphatic carbocycles. The van der Waals surface area contributed by atoms with E-state index in [0.29, 0.717) is 12.1 Å². The molecule has 206 valence electrons. The number of alkyl halides is 8. The zero-order valence-electron chi connectivity index (χ0n) is 19.0. The Balaban J connectivity index is 1.57. The van der Waals surface area contributed by atoms with E-state index in [4.69, 9.17) is 34.8 Å². The van der Waals surface area contributed by atoms with Crippen molar-refractivity contribution >= 4 is 58.0 Å². The normalized spacial score (nSPS) is 18.4. The molecule has 3 aromatic carbocycles. The van der Waals surface area contributed by atoms with E-state index in [-0.39, 0.29) is 28.0 Å². The molecule has 0 saturated heterocycles. The van der Waals surface area contributed by atoms with Crippen LogP contribution in [-0.4, -0.2) is 16.1 Å². The average Bonchev–Trinajstić information content (AvgIpc) is 3.42. The van der Waals surface area contributed by atoms with Crippen molar-refractivity contribution in [2.75, 3.05) is 10.6 Å². The first kappa shape index (κ1) is 29.0. The predicted molar refractivity (Wildman–Crippen MR) is 132 cm³/mol. The SMILES string of the molecule is O=C(Nc1ccc(F)cc1)c1cc(NC(=O)[C@H]2[C@H](c3cc(C(F)(F)F)cc(C(F)(F)F)c3)C2(Cl)Cl)ccc1Cl. The minimum atomic E-state index is -5.10. The Hall–Kier alpha value is -3.02. The van der Waals surface area contributed by atoms with Crippen molar-refractivity contribution in [3.63, 3.8) is 0 Å². The highest BCUT2D eigenvalue weighted by atomic mass is 35.5. The number of carbonyl (C=O) groups excluding carboxylic acids is 2. The largest absolute Gasteiger partial charge is 0.416 e. The Morgan fingerprint density at radius 2 is 1.31 bits per heavy atom. The zero-order valence-corrected chi connectivity index (χ0v) is 21.3. The summed E-state index contributed by atoms with van der Waals surface area (Å²) in [6, 6.07) is 9.50. The summed E-state index contributed by atoms with van der Waals surface area (Å²) >= 11 is 18.4. The monoisotopic (exact) mass is 612 g/mol. The molecule has 39 heavy (non-hydrogen) atoms. The van der Waals surface area contributed by atoms with Gasteiger partial charge in [-0.25, -0.2) is 4.39 Å². The summed E-state index contributed by atoms with van der Waals surface area (Å²) in [4.78, 5) is 25.6. The Morgan fingerprint density at radius 1 is 0.769 bits per heavy atom. The highest BCUT2D eigenvalue weighted by molar-refractivity contribution is 6.53. The summed E-state index contributed by atoms with van der Waals surface area (Å²) in [6.07, 6.45) is -10.2. The number of rotatable bonds is 5. The summed E-state index contributed by atoms with van der Waals surface area (Å²) in [7, 11) is 0. The Labute approximate surface area is 231 Å². The molecule has 2 atom stereocenters. The van der Waals surface area contributed by atoms with Gasteiger partial charge in [0.1, 0.15) is 10.2 Å². The third-order valence-electron chi connectivity index (χ3n) is 5.89. The molecule has 1 fully saturated rings. The van der Waals surface area contributed by atoms with E-state index in [9.17, 15) is 40.3 Å². The van der Waals surface area contributed by atoms with Gasteiger partial charge in [0.05, 0.1) is 27.6 Å². The second kappa shape index (κ2) is 10.2. The lowest BCUT2D eigenvalue weighted by Gasteiger charge is -2.14. The van der Waals surface area contributed by atoms with Gasteiger partial charge in [0.2, 0.25) is 5.91 Å². The maximum Gasteiger partial charge on any atom is 0.416 e. The number of anilines is 2. The van der Waals surface area contributed by atoms with Gasteiger partial charge in [-0.3, -0.25) is 9.59 Å². The highest BCUT2D eigenvalue weighted by Gasteiger charge is 2.68. The van der Waals surface area contributed by atoms with Crippen LogP contribution in [0.5, 0.6) is 0 Å². The van der Waals surface area contributed by atoms with Crippen molar-refractivity contribution in [2.45, 2.75) is 22.6 Å². The van der Waals surface area contributed by atoms with Gasteiger partial charge in [-0.2, -0.15) is 26.3 Å². The van der Waals surface area contributed by atoms with E-state index in [0.717, 1.165) is 12.1 Å². The molecule has 0 bridgehead atoms. The number of carbonyl (C=O) groups is 2. The van der Waals surface area contributed by atoms with Crippen molar-refractivity contribution in [2.24, 2.45) is 5.92 Å². The number of halogens is 10. The van der Waals surface area contributed by atoms with Crippen LogP contribution in [0.1, 0.15) is 33.0 Å². The molecule has 2 N–H and O–H groups in total. The minimum Gasteiger partial charge on any atom is -0.326 e. The molecule has 1 saturated carbocycles. The first-order valence-corrected chi connectivity index (χ1v) is 12.0. The molecular weight excluding hydrogens is 600 g/mol. The molecule has 1 aliphatic rings. The molecule has 3 aromatic rings. The van der Waals surface area contributed by atoms with Crippen LogP contribution in [0.15, 0.2) is 60.7 Å². The fraction of sp³-hybridized carbons (Fsp3) is 0.200. The highest BCUT2D eigenvalue weighted by Crippen LogP contribution is 2.65. The molecule has 4 nitrogen and oxygen atoms in total. The van der Waals surface area contributed by atoms with Crippen molar-refractivity contribution in [3.8, 4) is 0 Å². The van der Waals surface area contributed by atoms with E-state index in [1.807, 2.05) is 0 Å². The van der Waals surface area contributed by atoms with E-state index < -0.39 is 62.8 Å². The zero-order chi connectivity index (χ0) is 28.9. The third kappa shape index (κ3) is 6.26. The van der Waals surface area contributed by atoms with E-state index >= 15 is 0 Å². The van der Waals surface area contributed by atoms with Crippen molar-refractivity contribution in [1.29, 1.82) is 0 Å². The van der Waals surface area contributed by atoms with Crippen LogP contribution < -0.4 is 10.6 Å². The van der Waals surface area contributed by atoms with Gasteiger partial charge < -0.3 is 10.6 Å². The van der Waals surface area contributed by atoms with Gasteiger partial charge in [-0.05, 0) is 66.2 Å². The Morgan fingerprint density at radius 3 is 1.85 bits per heavy atom. The molecule has 0 aliphatic heterocycles. The van der Waals surface area contributed by atoms with Gasteiger partial charge in [0.15, 0.2) is 0 Å².